The van der Waals surface area contributed by atoms with Gasteiger partial charge in [0.2, 0.25) is 10.0 Å². The zero-order chi connectivity index (χ0) is 24.2. The number of anilines is 1. The summed E-state index contributed by atoms with van der Waals surface area (Å²) in [6.45, 7) is 5.62. The van der Waals surface area contributed by atoms with E-state index in [-0.39, 0.29) is 26.9 Å². The maximum atomic E-state index is 13.0. The number of nitro groups is 1. The third-order valence-electron chi connectivity index (χ3n) is 4.83. The molecule has 0 saturated carbocycles. The van der Waals surface area contributed by atoms with Crippen molar-refractivity contribution < 1.29 is 22.9 Å². The average molecular weight is 490 g/mol. The van der Waals surface area contributed by atoms with Gasteiger partial charge in [0.25, 0.3) is 11.6 Å². The van der Waals surface area contributed by atoms with Gasteiger partial charge in [0.1, 0.15) is 5.75 Å². The lowest BCUT2D eigenvalue weighted by atomic mass is 10.2. The Morgan fingerprint density at radius 1 is 1.12 bits per heavy atom. The number of amides is 1. The molecule has 1 N–H and O–H groups in total. The molecule has 0 bridgehead atoms. The van der Waals surface area contributed by atoms with E-state index < -0.39 is 20.9 Å². The summed E-state index contributed by atoms with van der Waals surface area (Å²) in [5, 5.41) is 13.8. The molecule has 1 heterocycles. The fraction of sp³-hybridized carbons (Fsp3) is 0.227. The Hall–Kier alpha value is -3.28. The second kappa shape index (κ2) is 10.1. The molecule has 0 saturated heterocycles. The monoisotopic (exact) mass is 489 g/mol. The van der Waals surface area contributed by atoms with Crippen molar-refractivity contribution in [2.24, 2.45) is 0 Å². The molecule has 0 fully saturated rings. The second-order valence-electron chi connectivity index (χ2n) is 6.93. The van der Waals surface area contributed by atoms with Gasteiger partial charge in [0.05, 0.1) is 25.3 Å². The van der Waals surface area contributed by atoms with Crippen LogP contribution in [0.25, 0.3) is 0 Å². The van der Waals surface area contributed by atoms with Crippen LogP contribution in [0.4, 0.5) is 11.4 Å². The van der Waals surface area contributed by atoms with Gasteiger partial charge in [-0.2, -0.15) is 4.31 Å². The fourth-order valence-electron chi connectivity index (χ4n) is 3.13. The molecule has 11 heteroatoms. The van der Waals surface area contributed by atoms with E-state index in [1.807, 2.05) is 6.07 Å². The van der Waals surface area contributed by atoms with Crippen LogP contribution in [0.5, 0.6) is 11.5 Å². The van der Waals surface area contributed by atoms with Gasteiger partial charge in [-0.25, -0.2) is 8.42 Å². The van der Waals surface area contributed by atoms with Crippen LogP contribution in [0.15, 0.2) is 59.5 Å². The number of hydrogen-bond acceptors (Lipinski definition) is 7. The summed E-state index contributed by atoms with van der Waals surface area (Å²) in [6, 6.07) is 14.2. The molecule has 3 rings (SSSR count). The van der Waals surface area contributed by atoms with Crippen molar-refractivity contribution in [1.29, 1.82) is 0 Å². The van der Waals surface area contributed by atoms with Gasteiger partial charge in [0, 0.05) is 19.2 Å². The number of carbonyl (C=O) groups excluding carboxylic acids is 1. The number of rotatable bonds is 9. The largest absolute Gasteiger partial charge is 0.455 e. The molecule has 174 valence electrons. The molecule has 3 aromatic rings. The van der Waals surface area contributed by atoms with Gasteiger partial charge < -0.3 is 10.1 Å². The summed E-state index contributed by atoms with van der Waals surface area (Å²) < 4.78 is 33.2. The lowest BCUT2D eigenvalue weighted by Gasteiger charge is -2.20. The van der Waals surface area contributed by atoms with E-state index >= 15 is 0 Å². The van der Waals surface area contributed by atoms with Gasteiger partial charge >= 0.3 is 0 Å². The smallest absolute Gasteiger partial charge is 0.283 e. The summed E-state index contributed by atoms with van der Waals surface area (Å²) in [5.41, 5.74) is -0.0189. The summed E-state index contributed by atoms with van der Waals surface area (Å²) in [4.78, 5) is 24.0. The van der Waals surface area contributed by atoms with Crippen molar-refractivity contribution in [3.8, 4) is 11.5 Å². The molecule has 2 aromatic carbocycles. The quantitative estimate of drug-likeness (QED) is 0.332. The number of thiophene rings is 1. The minimum absolute atomic E-state index is 0.00440. The van der Waals surface area contributed by atoms with Crippen LogP contribution in [-0.2, 0) is 10.0 Å². The van der Waals surface area contributed by atoms with Crippen molar-refractivity contribution in [3.05, 3.63) is 74.5 Å². The Morgan fingerprint density at radius 3 is 2.36 bits per heavy atom. The molecule has 0 unspecified atom stereocenters. The number of nitrogens with zero attached hydrogens (tertiary/aromatic N) is 2. The average Bonchev–Trinajstić information content (AvgIpc) is 3.18. The maximum Gasteiger partial charge on any atom is 0.283 e. The SMILES string of the molecule is CCN(CC)S(=O)(=O)c1ccc(Oc2ccccc2)c(NC(=O)c2cc([N+](=O)[O-])c(C)s2)c1. The first-order chi connectivity index (χ1) is 15.7. The Kier molecular flexibility index (Phi) is 7.46. The lowest BCUT2D eigenvalue weighted by Crippen LogP contribution is -2.30. The van der Waals surface area contributed by atoms with E-state index in [0.717, 1.165) is 11.3 Å². The van der Waals surface area contributed by atoms with Crippen LogP contribution in [0, 0.1) is 17.0 Å². The van der Waals surface area contributed by atoms with Crippen LogP contribution in [-0.4, -0.2) is 36.6 Å². The Bertz CT molecular complexity index is 1270. The number of benzene rings is 2. The van der Waals surface area contributed by atoms with Crippen LogP contribution in [0.2, 0.25) is 0 Å². The number of para-hydroxylation sites is 1. The highest BCUT2D eigenvalue weighted by Gasteiger charge is 2.25. The normalized spacial score (nSPS) is 11.4. The molecule has 0 aliphatic rings. The zero-order valence-corrected chi connectivity index (χ0v) is 19.9. The summed E-state index contributed by atoms with van der Waals surface area (Å²) in [5.74, 6) is 0.122. The fourth-order valence-corrected chi connectivity index (χ4v) is 5.50. The van der Waals surface area contributed by atoms with Crippen molar-refractivity contribution in [1.82, 2.24) is 4.31 Å². The number of sulfonamides is 1. The van der Waals surface area contributed by atoms with Gasteiger partial charge in [0.15, 0.2) is 5.75 Å². The van der Waals surface area contributed by atoms with E-state index in [4.69, 9.17) is 4.74 Å². The van der Waals surface area contributed by atoms with E-state index in [1.54, 1.807) is 45.0 Å². The molecule has 1 aromatic heterocycles. The van der Waals surface area contributed by atoms with Gasteiger partial charge in [-0.3, -0.25) is 14.9 Å². The predicted molar refractivity (Wildman–Crippen MR) is 127 cm³/mol. The van der Waals surface area contributed by atoms with Gasteiger partial charge in [-0.1, -0.05) is 32.0 Å². The summed E-state index contributed by atoms with van der Waals surface area (Å²) in [6.07, 6.45) is 0. The third kappa shape index (κ3) is 5.38. The van der Waals surface area contributed by atoms with Crippen molar-refractivity contribution in [2.45, 2.75) is 25.7 Å². The first-order valence-corrected chi connectivity index (χ1v) is 12.4. The number of nitrogens with one attached hydrogen (secondary N) is 1. The number of aryl methyl sites for hydroxylation is 1. The highest BCUT2D eigenvalue weighted by Crippen LogP contribution is 2.34. The minimum Gasteiger partial charge on any atom is -0.455 e. The highest BCUT2D eigenvalue weighted by molar-refractivity contribution is 7.89. The van der Waals surface area contributed by atoms with Crippen molar-refractivity contribution in [3.63, 3.8) is 0 Å². The first-order valence-electron chi connectivity index (χ1n) is 10.1. The van der Waals surface area contributed by atoms with Crippen LogP contribution in [0.1, 0.15) is 28.4 Å². The van der Waals surface area contributed by atoms with E-state index in [9.17, 15) is 23.3 Å². The molecular formula is C22H23N3O6S2. The molecule has 33 heavy (non-hydrogen) atoms. The predicted octanol–water partition coefficient (Wildman–Crippen LogP) is 5.04. The zero-order valence-electron chi connectivity index (χ0n) is 18.3. The Labute approximate surface area is 195 Å². The van der Waals surface area contributed by atoms with Crippen molar-refractivity contribution in [2.75, 3.05) is 18.4 Å². The standard InChI is InChI=1S/C22H23N3O6S2/c1-4-24(5-2)33(29,30)17-11-12-20(31-16-9-7-6-8-10-16)18(13-17)23-22(26)21-14-19(25(27)28)15(3)32-21/h6-14H,4-5H2,1-3H3,(H,23,26). The van der Waals surface area contributed by atoms with Crippen molar-refractivity contribution >= 4 is 38.6 Å². The molecule has 9 nitrogen and oxygen atoms in total. The van der Waals surface area contributed by atoms with Crippen LogP contribution >= 0.6 is 11.3 Å². The topological polar surface area (TPSA) is 119 Å². The second-order valence-corrected chi connectivity index (χ2v) is 10.1. The van der Waals surface area contributed by atoms with Gasteiger partial charge in [-0.05, 0) is 37.3 Å². The maximum absolute atomic E-state index is 13.0. The molecule has 1 amide bonds. The number of carbonyl (C=O) groups is 1. The third-order valence-corrected chi connectivity index (χ3v) is 7.91. The minimum atomic E-state index is -3.79. The number of ether oxygens (including phenoxy) is 1. The number of hydrogen-bond donors (Lipinski definition) is 1. The van der Waals surface area contributed by atoms with Crippen LogP contribution in [0.3, 0.4) is 0 Å². The lowest BCUT2D eigenvalue weighted by molar-refractivity contribution is -0.385. The van der Waals surface area contributed by atoms with E-state index in [2.05, 4.69) is 5.32 Å². The molecule has 0 spiro atoms. The van der Waals surface area contributed by atoms with Crippen LogP contribution < -0.4 is 10.1 Å². The Balaban J connectivity index is 2.02. The summed E-state index contributed by atoms with van der Waals surface area (Å²) in [7, 11) is -3.79. The highest BCUT2D eigenvalue weighted by atomic mass is 32.2. The molecule has 0 aliphatic carbocycles. The molecule has 0 atom stereocenters. The van der Waals surface area contributed by atoms with E-state index in [0.29, 0.717) is 23.7 Å². The Morgan fingerprint density at radius 2 is 1.79 bits per heavy atom. The van der Waals surface area contributed by atoms with Gasteiger partial charge in [-0.15, -0.1) is 11.3 Å². The summed E-state index contributed by atoms with van der Waals surface area (Å²) >= 11 is 0.981. The molecule has 0 aliphatic heterocycles. The van der Waals surface area contributed by atoms with E-state index in [1.165, 1.54) is 28.6 Å². The first kappa shape index (κ1) is 24.4. The molecule has 0 radical (unpaired) electrons. The molecular weight excluding hydrogens is 466 g/mol.